The standard InChI is InChI=1S/C17H30O5/c18-13-9-15(20)17(10-13,11-16(21)22)14(19)8-4-7-12-5-2-1-3-6-12/h12-15,18-20H,1-11H2,(H,21,22)/t13-,14-,15+,17+/m1/s1. The van der Waals surface area contributed by atoms with Crippen molar-refractivity contribution in [3.63, 3.8) is 0 Å². The van der Waals surface area contributed by atoms with Gasteiger partial charge < -0.3 is 20.4 Å². The van der Waals surface area contributed by atoms with Crippen molar-refractivity contribution >= 4 is 5.97 Å². The minimum absolute atomic E-state index is 0.160. The molecule has 0 heterocycles. The molecule has 128 valence electrons. The summed E-state index contributed by atoms with van der Waals surface area (Å²) >= 11 is 0. The van der Waals surface area contributed by atoms with Crippen LogP contribution in [-0.2, 0) is 4.79 Å². The highest BCUT2D eigenvalue weighted by molar-refractivity contribution is 5.68. The highest BCUT2D eigenvalue weighted by Crippen LogP contribution is 2.46. The first kappa shape index (κ1) is 17.7. The lowest BCUT2D eigenvalue weighted by molar-refractivity contribution is -0.147. The summed E-state index contributed by atoms with van der Waals surface area (Å²) in [6.45, 7) is 0. The Bertz CT molecular complexity index is 366. The molecule has 0 spiro atoms. The minimum atomic E-state index is -1.09. The van der Waals surface area contributed by atoms with Gasteiger partial charge in [0.1, 0.15) is 0 Å². The van der Waals surface area contributed by atoms with Crippen LogP contribution in [0.5, 0.6) is 0 Å². The van der Waals surface area contributed by atoms with Crippen LogP contribution in [0.4, 0.5) is 0 Å². The van der Waals surface area contributed by atoms with Crippen molar-refractivity contribution in [3.8, 4) is 0 Å². The molecule has 0 aromatic heterocycles. The van der Waals surface area contributed by atoms with Gasteiger partial charge in [0, 0.05) is 5.41 Å². The summed E-state index contributed by atoms with van der Waals surface area (Å²) < 4.78 is 0. The van der Waals surface area contributed by atoms with E-state index in [-0.39, 0.29) is 19.3 Å². The van der Waals surface area contributed by atoms with Gasteiger partial charge >= 0.3 is 5.97 Å². The van der Waals surface area contributed by atoms with Crippen molar-refractivity contribution in [2.24, 2.45) is 11.3 Å². The Morgan fingerprint density at radius 2 is 1.86 bits per heavy atom. The van der Waals surface area contributed by atoms with Crippen molar-refractivity contribution in [3.05, 3.63) is 0 Å². The number of aliphatic carboxylic acids is 1. The maximum absolute atomic E-state index is 11.1. The van der Waals surface area contributed by atoms with Crippen LogP contribution in [0, 0.1) is 11.3 Å². The molecule has 0 aromatic carbocycles. The van der Waals surface area contributed by atoms with Gasteiger partial charge in [-0.1, -0.05) is 44.9 Å². The van der Waals surface area contributed by atoms with Crippen LogP contribution in [-0.4, -0.2) is 44.7 Å². The summed E-state index contributed by atoms with van der Waals surface area (Å²) in [5.41, 5.74) is -1.09. The monoisotopic (exact) mass is 314 g/mol. The number of carboxylic acids is 1. The van der Waals surface area contributed by atoms with Crippen molar-refractivity contribution in [2.75, 3.05) is 0 Å². The molecule has 4 N–H and O–H groups in total. The van der Waals surface area contributed by atoms with Crippen LogP contribution in [0.1, 0.15) is 70.6 Å². The van der Waals surface area contributed by atoms with Gasteiger partial charge in [0.05, 0.1) is 24.7 Å². The molecule has 0 amide bonds. The van der Waals surface area contributed by atoms with Gasteiger partial charge in [-0.15, -0.1) is 0 Å². The molecule has 0 saturated heterocycles. The van der Waals surface area contributed by atoms with E-state index in [1.807, 2.05) is 0 Å². The third-order valence-corrected chi connectivity index (χ3v) is 5.73. The Labute approximate surface area is 132 Å². The summed E-state index contributed by atoms with van der Waals surface area (Å²) in [6, 6.07) is 0. The van der Waals surface area contributed by atoms with Crippen LogP contribution in [0.25, 0.3) is 0 Å². The predicted octanol–water partition coefficient (Wildman–Crippen LogP) is 2.07. The minimum Gasteiger partial charge on any atom is -0.481 e. The van der Waals surface area contributed by atoms with Gasteiger partial charge in [-0.25, -0.2) is 0 Å². The quantitative estimate of drug-likeness (QED) is 0.577. The lowest BCUT2D eigenvalue weighted by atomic mass is 9.73. The van der Waals surface area contributed by atoms with Crippen molar-refractivity contribution < 1.29 is 25.2 Å². The summed E-state index contributed by atoms with van der Waals surface area (Å²) in [4.78, 5) is 11.1. The molecule has 5 heteroatoms. The molecule has 2 rings (SSSR count). The van der Waals surface area contributed by atoms with Gasteiger partial charge in [-0.3, -0.25) is 4.79 Å². The molecule has 5 nitrogen and oxygen atoms in total. The Hall–Kier alpha value is -0.650. The molecule has 22 heavy (non-hydrogen) atoms. The number of rotatable bonds is 7. The Balaban J connectivity index is 1.88. The lowest BCUT2D eigenvalue weighted by Crippen LogP contribution is -2.43. The number of aliphatic hydroxyl groups excluding tert-OH is 3. The molecule has 0 bridgehead atoms. The lowest BCUT2D eigenvalue weighted by Gasteiger charge is -2.36. The van der Waals surface area contributed by atoms with E-state index in [2.05, 4.69) is 0 Å². The van der Waals surface area contributed by atoms with Crippen molar-refractivity contribution in [2.45, 2.75) is 88.9 Å². The van der Waals surface area contributed by atoms with E-state index in [1.165, 1.54) is 32.1 Å². The molecule has 0 aliphatic heterocycles. The van der Waals surface area contributed by atoms with Crippen LogP contribution in [0.2, 0.25) is 0 Å². The van der Waals surface area contributed by atoms with Crippen LogP contribution in [0.3, 0.4) is 0 Å². The molecule has 2 saturated carbocycles. The summed E-state index contributed by atoms with van der Waals surface area (Å²) in [5.74, 6) is -0.296. The molecule has 0 aromatic rings. The van der Waals surface area contributed by atoms with E-state index in [1.54, 1.807) is 0 Å². The number of carbonyl (C=O) groups is 1. The zero-order valence-electron chi connectivity index (χ0n) is 13.3. The maximum Gasteiger partial charge on any atom is 0.304 e. The fourth-order valence-corrected chi connectivity index (χ4v) is 4.46. The van der Waals surface area contributed by atoms with Gasteiger partial charge in [0.25, 0.3) is 0 Å². The number of hydrogen-bond acceptors (Lipinski definition) is 4. The Kier molecular flexibility index (Phi) is 6.24. The van der Waals surface area contributed by atoms with E-state index < -0.39 is 29.7 Å². The van der Waals surface area contributed by atoms with E-state index in [0.717, 1.165) is 18.8 Å². The van der Waals surface area contributed by atoms with Crippen LogP contribution in [0.15, 0.2) is 0 Å². The average Bonchev–Trinajstić information content (AvgIpc) is 2.74. The fraction of sp³-hybridized carbons (Fsp3) is 0.941. The van der Waals surface area contributed by atoms with Gasteiger partial charge in [0.15, 0.2) is 0 Å². The van der Waals surface area contributed by atoms with Crippen molar-refractivity contribution in [1.82, 2.24) is 0 Å². The first-order chi connectivity index (χ1) is 10.4. The molecule has 0 radical (unpaired) electrons. The molecule has 2 aliphatic rings. The van der Waals surface area contributed by atoms with Crippen molar-refractivity contribution in [1.29, 1.82) is 0 Å². The Morgan fingerprint density at radius 3 is 2.41 bits per heavy atom. The van der Waals surface area contributed by atoms with E-state index >= 15 is 0 Å². The summed E-state index contributed by atoms with van der Waals surface area (Å²) in [7, 11) is 0. The summed E-state index contributed by atoms with van der Waals surface area (Å²) in [5, 5.41) is 39.6. The average molecular weight is 314 g/mol. The zero-order chi connectivity index (χ0) is 16.2. The third kappa shape index (κ3) is 4.21. The van der Waals surface area contributed by atoms with Gasteiger partial charge in [-0.05, 0) is 25.2 Å². The van der Waals surface area contributed by atoms with Crippen LogP contribution >= 0.6 is 0 Å². The van der Waals surface area contributed by atoms with Gasteiger partial charge in [0.2, 0.25) is 0 Å². The number of carboxylic acid groups (broad SMARTS) is 1. The predicted molar refractivity (Wildman–Crippen MR) is 82.4 cm³/mol. The van der Waals surface area contributed by atoms with Gasteiger partial charge in [-0.2, -0.15) is 0 Å². The molecule has 4 atom stereocenters. The van der Waals surface area contributed by atoms with E-state index in [0.29, 0.717) is 6.42 Å². The topological polar surface area (TPSA) is 98.0 Å². The molecule has 0 unspecified atom stereocenters. The van der Waals surface area contributed by atoms with Crippen LogP contribution < -0.4 is 0 Å². The molecule has 2 fully saturated rings. The molecular formula is C17H30O5. The Morgan fingerprint density at radius 1 is 1.18 bits per heavy atom. The molecular weight excluding hydrogens is 284 g/mol. The van der Waals surface area contributed by atoms with E-state index in [9.17, 15) is 20.1 Å². The number of aliphatic hydroxyl groups is 3. The first-order valence-electron chi connectivity index (χ1n) is 8.70. The second-order valence-electron chi connectivity index (χ2n) is 7.36. The zero-order valence-corrected chi connectivity index (χ0v) is 13.3. The fourth-order valence-electron chi connectivity index (χ4n) is 4.46. The third-order valence-electron chi connectivity index (χ3n) is 5.73. The van der Waals surface area contributed by atoms with E-state index in [4.69, 9.17) is 5.11 Å². The SMILES string of the molecule is O=C(O)C[C@]1([C@H](O)CCCC2CCCCC2)C[C@H](O)C[C@@H]1O. The molecule has 2 aliphatic carbocycles. The largest absolute Gasteiger partial charge is 0.481 e. The maximum atomic E-state index is 11.1. The number of hydrogen-bond donors (Lipinski definition) is 4. The smallest absolute Gasteiger partial charge is 0.304 e. The first-order valence-corrected chi connectivity index (χ1v) is 8.70. The highest BCUT2D eigenvalue weighted by atomic mass is 16.4. The second-order valence-corrected chi connectivity index (χ2v) is 7.36. The normalized spacial score (nSPS) is 34.7. The highest BCUT2D eigenvalue weighted by Gasteiger charge is 2.52. The summed E-state index contributed by atoms with van der Waals surface area (Å²) in [6.07, 6.45) is 6.39. The second kappa shape index (κ2) is 7.75.